The Morgan fingerprint density at radius 3 is 2.68 bits per heavy atom. The highest BCUT2D eigenvalue weighted by atomic mass is 32.1. The van der Waals surface area contributed by atoms with Gasteiger partial charge in [0.2, 0.25) is 0 Å². The van der Waals surface area contributed by atoms with Crippen LogP contribution >= 0.6 is 12.6 Å². The van der Waals surface area contributed by atoms with Gasteiger partial charge in [-0.05, 0) is 55.4 Å². The van der Waals surface area contributed by atoms with Crippen LogP contribution in [-0.4, -0.2) is 0 Å². The zero-order valence-corrected chi connectivity index (χ0v) is 14.8. The average Bonchev–Trinajstić information content (AvgIpc) is 2.52. The van der Waals surface area contributed by atoms with E-state index in [9.17, 15) is 0 Å². The molecule has 22 heavy (non-hydrogen) atoms. The van der Waals surface area contributed by atoms with E-state index in [1.807, 2.05) is 0 Å². The van der Waals surface area contributed by atoms with Crippen molar-refractivity contribution in [3.63, 3.8) is 0 Å². The van der Waals surface area contributed by atoms with Gasteiger partial charge in [0.1, 0.15) is 0 Å². The lowest BCUT2D eigenvalue weighted by Crippen LogP contribution is -1.94. The van der Waals surface area contributed by atoms with Gasteiger partial charge in [0.05, 0.1) is 0 Å². The first kappa shape index (κ1) is 16.9. The third-order valence-corrected chi connectivity index (χ3v) is 4.36. The van der Waals surface area contributed by atoms with E-state index in [-0.39, 0.29) is 0 Å². The molecule has 0 spiro atoms. The Labute approximate surface area is 140 Å². The standard InChI is InChI=1S/C21H26S/c1-4-9-17(15-14-16(2)3)19-12-8-13-20(21(19)22)18-10-6-5-7-11-18/h5-6,8,10,12-15,22H,4,7,9,11H2,1-3H3/b17-15+. The number of hydrogen-bond donors (Lipinski definition) is 1. The van der Waals surface area contributed by atoms with Crippen molar-refractivity contribution in [2.45, 2.75) is 51.3 Å². The highest BCUT2D eigenvalue weighted by Crippen LogP contribution is 2.34. The van der Waals surface area contributed by atoms with Crippen LogP contribution in [0.5, 0.6) is 0 Å². The number of hydrogen-bond acceptors (Lipinski definition) is 1. The normalized spacial score (nSPS) is 14.7. The van der Waals surface area contributed by atoms with E-state index in [2.05, 4.69) is 69.4 Å². The molecule has 1 aliphatic carbocycles. The maximum absolute atomic E-state index is 4.87. The van der Waals surface area contributed by atoms with Gasteiger partial charge in [-0.3, -0.25) is 0 Å². The Balaban J connectivity index is 2.46. The minimum absolute atomic E-state index is 1.08. The summed E-state index contributed by atoms with van der Waals surface area (Å²) in [6, 6.07) is 6.56. The minimum atomic E-state index is 1.08. The Morgan fingerprint density at radius 1 is 1.23 bits per heavy atom. The van der Waals surface area contributed by atoms with Crippen LogP contribution < -0.4 is 0 Å². The van der Waals surface area contributed by atoms with E-state index in [0.29, 0.717) is 0 Å². The molecule has 0 unspecified atom stereocenters. The van der Waals surface area contributed by atoms with Crippen molar-refractivity contribution in [3.8, 4) is 0 Å². The average molecular weight is 311 g/mol. The zero-order chi connectivity index (χ0) is 15.9. The van der Waals surface area contributed by atoms with Crippen LogP contribution in [0.15, 0.2) is 59.0 Å². The summed E-state index contributed by atoms with van der Waals surface area (Å²) in [6.07, 6.45) is 15.5. The fourth-order valence-electron chi connectivity index (χ4n) is 2.73. The molecule has 0 heterocycles. The van der Waals surface area contributed by atoms with Gasteiger partial charge >= 0.3 is 0 Å². The molecule has 0 radical (unpaired) electrons. The highest BCUT2D eigenvalue weighted by Gasteiger charge is 2.12. The van der Waals surface area contributed by atoms with Gasteiger partial charge in [-0.2, -0.15) is 0 Å². The van der Waals surface area contributed by atoms with E-state index < -0.39 is 0 Å². The zero-order valence-electron chi connectivity index (χ0n) is 13.9. The van der Waals surface area contributed by atoms with Crippen LogP contribution in [0.25, 0.3) is 11.1 Å². The SMILES string of the molecule is CCC/C(=C\C=C(C)C)c1cccc(C2=CC=CCC2)c1S. The Hall–Kier alpha value is -1.47. The molecular formula is C21H26S. The number of benzene rings is 1. The van der Waals surface area contributed by atoms with Crippen LogP contribution in [0.3, 0.4) is 0 Å². The Kier molecular flexibility index (Phi) is 6.33. The van der Waals surface area contributed by atoms with Crippen LogP contribution in [-0.2, 0) is 0 Å². The van der Waals surface area contributed by atoms with E-state index in [0.717, 1.165) is 30.6 Å². The number of rotatable bonds is 5. The lowest BCUT2D eigenvalue weighted by Gasteiger charge is -2.16. The first-order chi connectivity index (χ1) is 10.6. The molecule has 116 valence electrons. The molecule has 1 heteroatoms. The lowest BCUT2D eigenvalue weighted by molar-refractivity contribution is 0.968. The van der Waals surface area contributed by atoms with Crippen molar-refractivity contribution >= 4 is 23.8 Å². The molecule has 2 rings (SSSR count). The summed E-state index contributed by atoms with van der Waals surface area (Å²) in [5, 5.41) is 0. The second-order valence-corrected chi connectivity index (χ2v) is 6.49. The van der Waals surface area contributed by atoms with Gasteiger partial charge in [0.15, 0.2) is 0 Å². The van der Waals surface area contributed by atoms with Crippen LogP contribution in [0, 0.1) is 0 Å². The molecular weight excluding hydrogens is 284 g/mol. The molecule has 0 atom stereocenters. The first-order valence-corrected chi connectivity index (χ1v) is 8.60. The van der Waals surface area contributed by atoms with Crippen molar-refractivity contribution in [3.05, 3.63) is 65.3 Å². The smallest absolute Gasteiger partial charge is 0.0191 e. The molecule has 1 aromatic rings. The molecule has 0 saturated heterocycles. The van der Waals surface area contributed by atoms with E-state index in [1.54, 1.807) is 0 Å². The fourth-order valence-corrected chi connectivity index (χ4v) is 3.17. The topological polar surface area (TPSA) is 0 Å². The van der Waals surface area contributed by atoms with Crippen LogP contribution in [0.4, 0.5) is 0 Å². The maximum Gasteiger partial charge on any atom is 0.0191 e. The monoisotopic (exact) mass is 310 g/mol. The quantitative estimate of drug-likeness (QED) is 0.446. The van der Waals surface area contributed by atoms with Gasteiger partial charge in [0, 0.05) is 4.90 Å². The summed E-state index contributed by atoms with van der Waals surface area (Å²) in [7, 11) is 0. The highest BCUT2D eigenvalue weighted by molar-refractivity contribution is 7.80. The lowest BCUT2D eigenvalue weighted by atomic mass is 9.92. The number of thiol groups is 1. The van der Waals surface area contributed by atoms with E-state index in [4.69, 9.17) is 12.6 Å². The van der Waals surface area contributed by atoms with Crippen molar-refractivity contribution in [2.75, 3.05) is 0 Å². The van der Waals surface area contributed by atoms with E-state index in [1.165, 1.54) is 27.8 Å². The second-order valence-electron chi connectivity index (χ2n) is 6.05. The summed E-state index contributed by atoms with van der Waals surface area (Å²) in [5.74, 6) is 0. The van der Waals surface area contributed by atoms with Crippen LogP contribution in [0.2, 0.25) is 0 Å². The van der Waals surface area contributed by atoms with Crippen molar-refractivity contribution in [1.82, 2.24) is 0 Å². The predicted octanol–water partition coefficient (Wildman–Crippen LogP) is 6.86. The molecule has 0 nitrogen and oxygen atoms in total. The fraction of sp³-hybridized carbons (Fsp3) is 0.333. The summed E-state index contributed by atoms with van der Waals surface area (Å²) in [4.78, 5) is 1.12. The molecule has 0 aliphatic heterocycles. The molecule has 1 aromatic carbocycles. The molecule has 0 saturated carbocycles. The molecule has 0 amide bonds. The van der Waals surface area contributed by atoms with Gasteiger partial charge in [-0.1, -0.05) is 67.5 Å². The molecule has 0 aromatic heterocycles. The van der Waals surface area contributed by atoms with Gasteiger partial charge in [-0.15, -0.1) is 12.6 Å². The Bertz CT molecular complexity index is 638. The third kappa shape index (κ3) is 4.27. The van der Waals surface area contributed by atoms with Crippen molar-refractivity contribution < 1.29 is 0 Å². The van der Waals surface area contributed by atoms with Crippen LogP contribution in [0.1, 0.15) is 57.6 Å². The van der Waals surface area contributed by atoms with Gasteiger partial charge in [0.25, 0.3) is 0 Å². The number of allylic oxidation sites excluding steroid dienone is 8. The third-order valence-electron chi connectivity index (χ3n) is 3.88. The molecule has 0 fully saturated rings. The summed E-state index contributed by atoms with van der Waals surface area (Å²) < 4.78 is 0. The molecule has 0 bridgehead atoms. The van der Waals surface area contributed by atoms with Crippen molar-refractivity contribution in [1.29, 1.82) is 0 Å². The van der Waals surface area contributed by atoms with Gasteiger partial charge in [-0.25, -0.2) is 0 Å². The Morgan fingerprint density at radius 2 is 2.05 bits per heavy atom. The molecule has 1 aliphatic rings. The minimum Gasteiger partial charge on any atom is -0.142 e. The predicted molar refractivity (Wildman–Crippen MR) is 102 cm³/mol. The second kappa shape index (κ2) is 8.24. The summed E-state index contributed by atoms with van der Waals surface area (Å²) in [6.45, 7) is 6.50. The first-order valence-electron chi connectivity index (χ1n) is 8.16. The summed E-state index contributed by atoms with van der Waals surface area (Å²) >= 11 is 4.87. The maximum atomic E-state index is 4.87. The van der Waals surface area contributed by atoms with Gasteiger partial charge < -0.3 is 0 Å². The largest absolute Gasteiger partial charge is 0.142 e. The van der Waals surface area contributed by atoms with Crippen molar-refractivity contribution in [2.24, 2.45) is 0 Å². The molecule has 0 N–H and O–H groups in total. The summed E-state index contributed by atoms with van der Waals surface area (Å²) in [5.41, 5.74) is 6.65. The van der Waals surface area contributed by atoms with E-state index >= 15 is 0 Å².